The lowest BCUT2D eigenvalue weighted by atomic mass is 10.00. The van der Waals surface area contributed by atoms with Gasteiger partial charge in [0.1, 0.15) is 11.8 Å². The number of rotatable bonds is 8. The average Bonchev–Trinajstić information content (AvgIpc) is 3.46. The second kappa shape index (κ2) is 11.5. The molecule has 2 unspecified atom stereocenters. The van der Waals surface area contributed by atoms with Gasteiger partial charge in [-0.05, 0) is 54.8 Å². The Bertz CT molecular complexity index is 1370. The molecule has 2 heterocycles. The van der Waals surface area contributed by atoms with Crippen LogP contribution in [0, 0.1) is 5.92 Å². The van der Waals surface area contributed by atoms with Crippen molar-refractivity contribution in [1.29, 1.82) is 0 Å². The minimum absolute atomic E-state index is 0.107. The van der Waals surface area contributed by atoms with Crippen LogP contribution in [0.15, 0.2) is 76.2 Å². The first kappa shape index (κ1) is 27.6. The summed E-state index contributed by atoms with van der Waals surface area (Å²) in [5, 5.41) is 2.98. The van der Waals surface area contributed by atoms with Crippen LogP contribution in [-0.2, 0) is 32.6 Å². The van der Waals surface area contributed by atoms with Crippen LogP contribution in [0.25, 0.3) is 11.3 Å². The second-order valence-corrected chi connectivity index (χ2v) is 11.9. The van der Waals surface area contributed by atoms with Crippen molar-refractivity contribution in [3.63, 3.8) is 0 Å². The number of hydrogen-bond donors (Lipinski definition) is 1. The van der Waals surface area contributed by atoms with Crippen molar-refractivity contribution in [2.45, 2.75) is 57.6 Å². The lowest BCUT2D eigenvalue weighted by molar-refractivity contribution is -0.148. The summed E-state index contributed by atoms with van der Waals surface area (Å²) >= 11 is 0. The molecule has 1 N–H and O–H groups in total. The number of benzene rings is 2. The molecule has 2 atom stereocenters. The highest BCUT2D eigenvalue weighted by atomic mass is 32.2. The van der Waals surface area contributed by atoms with Crippen molar-refractivity contribution in [1.82, 2.24) is 14.5 Å². The molecule has 2 aromatic carbocycles. The Morgan fingerprint density at radius 1 is 1.03 bits per heavy atom. The number of amides is 2. The van der Waals surface area contributed by atoms with E-state index in [9.17, 15) is 18.0 Å². The van der Waals surface area contributed by atoms with E-state index in [0.29, 0.717) is 0 Å². The maximum Gasteiger partial charge on any atom is 0.244 e. The quantitative estimate of drug-likeness (QED) is 0.467. The zero-order chi connectivity index (χ0) is 27.4. The fraction of sp³-hybridized carbons (Fsp3) is 0.379. The van der Waals surface area contributed by atoms with E-state index in [2.05, 4.69) is 5.32 Å². The Morgan fingerprint density at radius 2 is 1.76 bits per heavy atom. The van der Waals surface area contributed by atoms with Crippen LogP contribution >= 0.6 is 0 Å². The molecule has 1 fully saturated rings. The van der Waals surface area contributed by atoms with Crippen LogP contribution in [-0.4, -0.2) is 54.6 Å². The number of carbonyl (C=O) groups excluding carboxylic acids is 2. The van der Waals surface area contributed by atoms with Gasteiger partial charge in [-0.25, -0.2) is 8.42 Å². The van der Waals surface area contributed by atoms with E-state index in [4.69, 9.17) is 4.42 Å². The van der Waals surface area contributed by atoms with Crippen LogP contribution in [0.1, 0.15) is 38.8 Å². The molecule has 3 aromatic rings. The smallest absolute Gasteiger partial charge is 0.244 e. The first-order chi connectivity index (χ1) is 18.1. The van der Waals surface area contributed by atoms with Gasteiger partial charge in [0.2, 0.25) is 21.8 Å². The van der Waals surface area contributed by atoms with Crippen molar-refractivity contribution in [3.8, 4) is 11.3 Å². The van der Waals surface area contributed by atoms with E-state index < -0.39 is 22.1 Å². The van der Waals surface area contributed by atoms with Gasteiger partial charge in [0, 0.05) is 37.2 Å². The number of hydrogen-bond acceptors (Lipinski definition) is 5. The van der Waals surface area contributed by atoms with E-state index >= 15 is 0 Å². The minimum atomic E-state index is -3.83. The Hall–Kier alpha value is -3.43. The molecule has 0 spiro atoms. The van der Waals surface area contributed by atoms with Crippen LogP contribution < -0.4 is 5.32 Å². The van der Waals surface area contributed by atoms with E-state index in [1.54, 1.807) is 62.3 Å². The number of nitrogens with zero attached hydrogens (tertiary/aromatic N) is 2. The van der Waals surface area contributed by atoms with Gasteiger partial charge >= 0.3 is 0 Å². The topological polar surface area (TPSA) is 99.9 Å². The summed E-state index contributed by atoms with van der Waals surface area (Å²) in [6.07, 6.45) is 2.40. The first-order valence-electron chi connectivity index (χ1n) is 12.9. The molecule has 4 rings (SSSR count). The highest BCUT2D eigenvalue weighted by Gasteiger charge is 2.43. The number of sulfonamides is 1. The molecule has 38 heavy (non-hydrogen) atoms. The molecule has 1 aliphatic rings. The normalized spacial score (nSPS) is 18.5. The monoisotopic (exact) mass is 537 g/mol. The summed E-state index contributed by atoms with van der Waals surface area (Å²) in [5.41, 5.74) is 2.98. The standard InChI is InChI=1S/C29H35N3O5S/c1-5-22-16-23(27-12-9-15-37-27)13-14-24(22)17-30-28(33)26-19-31(18-21(4)32(26)29(34)20(2)3)38(35,36)25-10-7-6-8-11-25/h6-16,20-21,26H,5,17-19H2,1-4H3,(H,30,33). The number of nitrogens with one attached hydrogen (secondary N) is 1. The summed E-state index contributed by atoms with van der Waals surface area (Å²) in [6.45, 7) is 7.68. The summed E-state index contributed by atoms with van der Waals surface area (Å²) in [7, 11) is -3.83. The molecule has 9 heteroatoms. The van der Waals surface area contributed by atoms with Gasteiger partial charge in [-0.3, -0.25) is 9.59 Å². The summed E-state index contributed by atoms with van der Waals surface area (Å²) in [6, 6.07) is 16.5. The highest BCUT2D eigenvalue weighted by molar-refractivity contribution is 7.89. The summed E-state index contributed by atoms with van der Waals surface area (Å²) in [5.74, 6) is -0.109. The van der Waals surface area contributed by atoms with Crippen LogP contribution in [0.4, 0.5) is 0 Å². The number of carbonyl (C=O) groups is 2. The third kappa shape index (κ3) is 5.68. The number of aryl methyl sites for hydroxylation is 1. The van der Waals surface area contributed by atoms with Crippen LogP contribution in [0.5, 0.6) is 0 Å². The van der Waals surface area contributed by atoms with Crippen LogP contribution in [0.3, 0.4) is 0 Å². The molecule has 1 saturated heterocycles. The molecular weight excluding hydrogens is 502 g/mol. The van der Waals surface area contributed by atoms with Gasteiger partial charge in [0.25, 0.3) is 0 Å². The van der Waals surface area contributed by atoms with Crippen LogP contribution in [0.2, 0.25) is 0 Å². The fourth-order valence-electron chi connectivity index (χ4n) is 4.88. The van der Waals surface area contributed by atoms with Gasteiger partial charge < -0.3 is 14.6 Å². The van der Waals surface area contributed by atoms with Crippen molar-refractivity contribution in [2.75, 3.05) is 13.1 Å². The van der Waals surface area contributed by atoms with Crippen molar-refractivity contribution in [2.24, 2.45) is 5.92 Å². The fourth-order valence-corrected chi connectivity index (χ4v) is 6.43. The second-order valence-electron chi connectivity index (χ2n) is 9.93. The zero-order valence-corrected chi connectivity index (χ0v) is 23.1. The van der Waals surface area contributed by atoms with E-state index in [-0.39, 0.29) is 42.3 Å². The Morgan fingerprint density at radius 3 is 2.39 bits per heavy atom. The summed E-state index contributed by atoms with van der Waals surface area (Å²) < 4.78 is 33.6. The average molecular weight is 538 g/mol. The van der Waals surface area contributed by atoms with Crippen molar-refractivity contribution < 1.29 is 22.4 Å². The zero-order valence-electron chi connectivity index (χ0n) is 22.3. The van der Waals surface area contributed by atoms with Gasteiger partial charge in [-0.15, -0.1) is 0 Å². The predicted octanol–water partition coefficient (Wildman–Crippen LogP) is 4.07. The van der Waals surface area contributed by atoms with E-state index in [0.717, 1.165) is 28.9 Å². The van der Waals surface area contributed by atoms with Gasteiger partial charge in [0.05, 0.1) is 11.2 Å². The SMILES string of the molecule is CCc1cc(-c2ccco2)ccc1CNC(=O)C1CN(S(=O)(=O)c2ccccc2)CC(C)N1C(=O)C(C)C. The highest BCUT2D eigenvalue weighted by Crippen LogP contribution is 2.26. The van der Waals surface area contributed by atoms with E-state index in [1.165, 1.54) is 4.31 Å². The molecule has 1 aromatic heterocycles. The molecule has 202 valence electrons. The molecule has 0 saturated carbocycles. The lowest BCUT2D eigenvalue weighted by Gasteiger charge is -2.44. The third-order valence-electron chi connectivity index (χ3n) is 6.93. The van der Waals surface area contributed by atoms with E-state index in [1.807, 2.05) is 37.3 Å². The third-order valence-corrected chi connectivity index (χ3v) is 8.78. The largest absolute Gasteiger partial charge is 0.464 e. The predicted molar refractivity (Wildman–Crippen MR) is 146 cm³/mol. The molecule has 0 aliphatic carbocycles. The molecule has 0 radical (unpaired) electrons. The molecule has 1 aliphatic heterocycles. The van der Waals surface area contributed by atoms with Crippen molar-refractivity contribution >= 4 is 21.8 Å². The Labute approximate surface area is 224 Å². The molecular formula is C29H35N3O5S. The Balaban J connectivity index is 1.57. The molecule has 8 nitrogen and oxygen atoms in total. The minimum Gasteiger partial charge on any atom is -0.464 e. The first-order valence-corrected chi connectivity index (χ1v) is 14.4. The molecule has 2 amide bonds. The van der Waals surface area contributed by atoms with Gasteiger partial charge in [0.15, 0.2) is 0 Å². The van der Waals surface area contributed by atoms with Gasteiger partial charge in [-0.1, -0.05) is 51.1 Å². The maximum absolute atomic E-state index is 13.6. The lowest BCUT2D eigenvalue weighted by Crippen LogP contribution is -2.65. The van der Waals surface area contributed by atoms with Gasteiger partial charge in [-0.2, -0.15) is 4.31 Å². The number of piperazine rings is 1. The molecule has 0 bridgehead atoms. The maximum atomic E-state index is 13.6. The van der Waals surface area contributed by atoms with Crippen molar-refractivity contribution in [3.05, 3.63) is 78.1 Å². The Kier molecular flexibility index (Phi) is 8.38. The number of furan rings is 1. The summed E-state index contributed by atoms with van der Waals surface area (Å²) in [4.78, 5) is 28.4.